The summed E-state index contributed by atoms with van der Waals surface area (Å²) in [4.78, 5) is 0. The van der Waals surface area contributed by atoms with Gasteiger partial charge in [0, 0.05) is 10.7 Å². The van der Waals surface area contributed by atoms with Gasteiger partial charge in [-0.1, -0.05) is 116 Å². The lowest BCUT2D eigenvalue weighted by atomic mass is 9.87. The topological polar surface area (TPSA) is 18.5 Å². The Hall–Kier alpha value is -1.56. The normalized spacial score (nSPS) is 11.4. The van der Waals surface area contributed by atoms with E-state index in [0.717, 1.165) is 39.5 Å². The SMILES string of the molecule is BrCCBr.COc1cc2cc(CC(C)(C)C)ccc2cc1Br.COc1ccc2ccc(CC(C)(C)C)cc2c1. The first-order valence-corrected chi connectivity index (χ1v) is 16.3. The Morgan fingerprint density at radius 2 is 1.05 bits per heavy atom. The molecule has 0 atom stereocenters. The van der Waals surface area contributed by atoms with E-state index in [1.807, 2.05) is 6.07 Å². The summed E-state index contributed by atoms with van der Waals surface area (Å²) < 4.78 is 11.6. The predicted octanol–water partition coefficient (Wildman–Crippen LogP) is 11.4. The summed E-state index contributed by atoms with van der Waals surface area (Å²) in [7, 11) is 3.41. The summed E-state index contributed by atoms with van der Waals surface area (Å²) in [6.45, 7) is 13.6. The molecule has 0 aromatic heterocycles. The van der Waals surface area contributed by atoms with E-state index < -0.39 is 0 Å². The van der Waals surface area contributed by atoms with E-state index in [0.29, 0.717) is 10.8 Å². The van der Waals surface area contributed by atoms with Crippen molar-refractivity contribution < 1.29 is 9.47 Å². The van der Waals surface area contributed by atoms with Crippen molar-refractivity contribution >= 4 is 69.3 Å². The zero-order chi connectivity index (χ0) is 29.2. The molecule has 4 rings (SSSR count). The van der Waals surface area contributed by atoms with Crippen LogP contribution in [-0.2, 0) is 12.8 Å². The van der Waals surface area contributed by atoms with E-state index in [-0.39, 0.29) is 0 Å². The molecule has 0 saturated heterocycles. The molecule has 0 unspecified atom stereocenters. The van der Waals surface area contributed by atoms with Gasteiger partial charge in [-0.3, -0.25) is 0 Å². The molecule has 5 heteroatoms. The van der Waals surface area contributed by atoms with Gasteiger partial charge >= 0.3 is 0 Å². The van der Waals surface area contributed by atoms with Gasteiger partial charge in [-0.25, -0.2) is 0 Å². The second-order valence-electron chi connectivity index (χ2n) is 12.1. The van der Waals surface area contributed by atoms with Crippen LogP contribution in [0.5, 0.6) is 11.5 Å². The Kier molecular flexibility index (Phi) is 13.3. The fraction of sp³-hybridized carbons (Fsp3) is 0.412. The minimum Gasteiger partial charge on any atom is -0.497 e. The number of fused-ring (bicyclic) bond motifs is 2. The van der Waals surface area contributed by atoms with E-state index in [4.69, 9.17) is 9.47 Å². The molecule has 2 nitrogen and oxygen atoms in total. The van der Waals surface area contributed by atoms with Gasteiger partial charge in [0.15, 0.2) is 0 Å². The molecular weight excluding hydrogens is 680 g/mol. The second kappa shape index (κ2) is 15.4. The average Bonchev–Trinajstić information content (AvgIpc) is 2.86. The molecule has 0 bridgehead atoms. The zero-order valence-corrected chi connectivity index (χ0v) is 29.4. The van der Waals surface area contributed by atoms with Crippen LogP contribution in [0.4, 0.5) is 0 Å². The van der Waals surface area contributed by atoms with Gasteiger partial charge in [0.1, 0.15) is 11.5 Å². The third-order valence-electron chi connectivity index (χ3n) is 5.83. The van der Waals surface area contributed by atoms with Gasteiger partial charge in [0.05, 0.1) is 18.7 Å². The minimum absolute atomic E-state index is 0.313. The van der Waals surface area contributed by atoms with Crippen molar-refractivity contribution in [2.45, 2.75) is 54.4 Å². The zero-order valence-electron chi connectivity index (χ0n) is 24.6. The van der Waals surface area contributed by atoms with Crippen molar-refractivity contribution in [2.75, 3.05) is 24.9 Å². The second-order valence-corrected chi connectivity index (χ2v) is 14.5. The third kappa shape index (κ3) is 11.8. The Balaban J connectivity index is 0.000000241. The van der Waals surface area contributed by atoms with Crippen LogP contribution >= 0.6 is 47.8 Å². The maximum atomic E-state index is 5.35. The van der Waals surface area contributed by atoms with Crippen molar-refractivity contribution in [3.8, 4) is 11.5 Å². The number of benzene rings is 4. The van der Waals surface area contributed by atoms with Crippen molar-refractivity contribution in [1.82, 2.24) is 0 Å². The maximum absolute atomic E-state index is 5.35. The molecule has 0 saturated carbocycles. The Morgan fingerprint density at radius 3 is 1.51 bits per heavy atom. The summed E-state index contributed by atoms with van der Waals surface area (Å²) in [5.41, 5.74) is 3.40. The average molecular weight is 723 g/mol. The minimum atomic E-state index is 0.313. The number of halogens is 3. The van der Waals surface area contributed by atoms with Crippen LogP contribution < -0.4 is 9.47 Å². The van der Waals surface area contributed by atoms with Gasteiger partial charge in [-0.2, -0.15) is 0 Å². The summed E-state index contributed by atoms with van der Waals surface area (Å²) in [5.74, 6) is 1.81. The van der Waals surface area contributed by atoms with Crippen molar-refractivity contribution in [2.24, 2.45) is 10.8 Å². The molecule has 0 spiro atoms. The lowest BCUT2D eigenvalue weighted by molar-refractivity contribution is 0.411. The molecule has 0 heterocycles. The van der Waals surface area contributed by atoms with E-state index in [1.165, 1.54) is 32.7 Å². The number of methoxy groups -OCH3 is 2. The largest absolute Gasteiger partial charge is 0.497 e. The predicted molar refractivity (Wildman–Crippen MR) is 183 cm³/mol. The molecular formula is C34H43Br3O2. The fourth-order valence-corrected chi connectivity index (χ4v) is 4.82. The van der Waals surface area contributed by atoms with Gasteiger partial charge in [0.2, 0.25) is 0 Å². The number of hydrogen-bond acceptors (Lipinski definition) is 2. The number of rotatable bonds is 5. The molecule has 4 aromatic carbocycles. The first-order valence-electron chi connectivity index (χ1n) is 13.2. The molecule has 0 radical (unpaired) electrons. The molecule has 0 aliphatic rings. The smallest absolute Gasteiger partial charge is 0.133 e. The highest BCUT2D eigenvalue weighted by Crippen LogP contribution is 2.32. The van der Waals surface area contributed by atoms with E-state index in [9.17, 15) is 0 Å². The van der Waals surface area contributed by atoms with Gasteiger partial charge in [-0.15, -0.1) is 0 Å². The van der Waals surface area contributed by atoms with Crippen molar-refractivity contribution in [1.29, 1.82) is 0 Å². The van der Waals surface area contributed by atoms with Crippen molar-refractivity contribution in [3.63, 3.8) is 0 Å². The Labute approximate surface area is 261 Å². The first kappa shape index (κ1) is 33.6. The van der Waals surface area contributed by atoms with Crippen LogP contribution in [0.1, 0.15) is 52.7 Å². The van der Waals surface area contributed by atoms with Gasteiger partial charge < -0.3 is 9.47 Å². The number of ether oxygens (including phenoxy) is 2. The lowest BCUT2D eigenvalue weighted by Gasteiger charge is -2.18. The monoisotopic (exact) mass is 720 g/mol. The molecule has 39 heavy (non-hydrogen) atoms. The van der Waals surface area contributed by atoms with Crippen LogP contribution in [-0.4, -0.2) is 24.9 Å². The van der Waals surface area contributed by atoms with Crippen LogP contribution in [0.15, 0.2) is 71.2 Å². The van der Waals surface area contributed by atoms with Crippen LogP contribution in [0, 0.1) is 10.8 Å². The molecule has 0 N–H and O–H groups in total. The van der Waals surface area contributed by atoms with E-state index in [1.54, 1.807) is 14.2 Å². The molecule has 0 fully saturated rings. The number of alkyl halides is 2. The third-order valence-corrected chi connectivity index (χ3v) is 8.30. The van der Waals surface area contributed by atoms with Gasteiger partial charge in [-0.05, 0) is 96.5 Å². The highest BCUT2D eigenvalue weighted by molar-refractivity contribution is 9.12. The quantitative estimate of drug-likeness (QED) is 0.191. The van der Waals surface area contributed by atoms with E-state index in [2.05, 4.69) is 150 Å². The summed E-state index contributed by atoms with van der Waals surface area (Å²) in [5, 5.41) is 7.09. The lowest BCUT2D eigenvalue weighted by Crippen LogP contribution is -2.08. The summed E-state index contributed by atoms with van der Waals surface area (Å²) in [6.07, 6.45) is 2.18. The Morgan fingerprint density at radius 1 is 0.564 bits per heavy atom. The highest BCUT2D eigenvalue weighted by atomic mass is 79.9. The number of hydrogen-bond donors (Lipinski definition) is 0. The molecule has 0 aliphatic carbocycles. The van der Waals surface area contributed by atoms with Crippen LogP contribution in [0.3, 0.4) is 0 Å². The van der Waals surface area contributed by atoms with E-state index >= 15 is 0 Å². The van der Waals surface area contributed by atoms with Crippen LogP contribution in [0.2, 0.25) is 0 Å². The van der Waals surface area contributed by atoms with Crippen molar-refractivity contribution in [3.05, 3.63) is 82.3 Å². The maximum Gasteiger partial charge on any atom is 0.133 e. The highest BCUT2D eigenvalue weighted by Gasteiger charge is 2.13. The molecule has 4 aromatic rings. The summed E-state index contributed by atoms with van der Waals surface area (Å²) >= 11 is 9.92. The molecule has 212 valence electrons. The first-order chi connectivity index (χ1) is 18.3. The molecule has 0 amide bonds. The molecule has 0 aliphatic heterocycles. The van der Waals surface area contributed by atoms with Crippen LogP contribution in [0.25, 0.3) is 21.5 Å². The fourth-order valence-electron chi connectivity index (χ4n) is 4.30. The Bertz CT molecular complexity index is 1330. The summed E-state index contributed by atoms with van der Waals surface area (Å²) in [6, 6.07) is 23.7. The van der Waals surface area contributed by atoms with Gasteiger partial charge in [0.25, 0.3) is 0 Å². The standard InChI is InChI=1S/C16H19BrO.C16H20O.C2H4Br2/c1-16(2,3)10-11-5-6-12-8-14(17)15(18-4)9-13(12)7-11;1-16(2,3)11-12-5-6-13-7-8-15(17-4)10-14(13)9-12;3-1-2-4/h5-9H,10H2,1-4H3;5-10H,11H2,1-4H3;1-2H2.